The second-order valence-corrected chi connectivity index (χ2v) is 7.96. The minimum absolute atomic E-state index is 0.0779. The van der Waals surface area contributed by atoms with Crippen LogP contribution in [0.15, 0.2) is 29.2 Å². The maximum atomic E-state index is 10.00. The molecule has 0 unspecified atom stereocenters. The van der Waals surface area contributed by atoms with Crippen molar-refractivity contribution in [3.63, 3.8) is 0 Å². The van der Waals surface area contributed by atoms with E-state index in [1.807, 2.05) is 24.3 Å². The van der Waals surface area contributed by atoms with Crippen LogP contribution in [0.2, 0.25) is 0 Å². The highest BCUT2D eigenvalue weighted by molar-refractivity contribution is 8.17. The maximum absolute atomic E-state index is 10.00. The van der Waals surface area contributed by atoms with Gasteiger partial charge in [0.1, 0.15) is 23.3 Å². The normalized spacial score (nSPS) is 36.0. The smallest absolute Gasteiger partial charge is 0.111 e. The molecular formula is C13H15NO3S3. The molecule has 2 aliphatic rings. The molecule has 108 valence electrons. The quantitative estimate of drug-likeness (QED) is 0.714. The van der Waals surface area contributed by atoms with E-state index >= 15 is 0 Å². The highest BCUT2D eigenvalue weighted by Crippen LogP contribution is 2.44. The van der Waals surface area contributed by atoms with Crippen LogP contribution in [-0.2, 0) is 4.74 Å². The Balaban J connectivity index is 1.70. The van der Waals surface area contributed by atoms with E-state index in [1.165, 1.54) is 0 Å². The average Bonchev–Trinajstić information content (AvgIpc) is 2.68. The summed E-state index contributed by atoms with van der Waals surface area (Å²) in [5.74, 6) is 0.706. The van der Waals surface area contributed by atoms with E-state index in [0.29, 0.717) is 10.7 Å². The minimum atomic E-state index is -0.802. The van der Waals surface area contributed by atoms with E-state index in [1.54, 1.807) is 23.5 Å². The molecule has 3 rings (SSSR count). The molecule has 1 aromatic rings. The molecule has 2 bridgehead atoms. The van der Waals surface area contributed by atoms with Crippen LogP contribution in [0.5, 0.6) is 0 Å². The van der Waals surface area contributed by atoms with Crippen molar-refractivity contribution in [2.45, 2.75) is 33.9 Å². The van der Waals surface area contributed by atoms with Gasteiger partial charge in [-0.15, -0.1) is 23.5 Å². The Morgan fingerprint density at radius 3 is 2.65 bits per heavy atom. The zero-order valence-electron chi connectivity index (χ0n) is 10.5. The number of thiocarbonyl (C=S) groups is 1. The van der Waals surface area contributed by atoms with Crippen LogP contribution < -0.4 is 5.73 Å². The van der Waals surface area contributed by atoms with E-state index in [-0.39, 0.29) is 16.8 Å². The summed E-state index contributed by atoms with van der Waals surface area (Å²) in [6.07, 6.45) is -2.14. The van der Waals surface area contributed by atoms with Crippen LogP contribution in [0.3, 0.4) is 0 Å². The van der Waals surface area contributed by atoms with Crippen molar-refractivity contribution in [3.8, 4) is 0 Å². The van der Waals surface area contributed by atoms with E-state index in [9.17, 15) is 10.2 Å². The number of aliphatic hydroxyl groups is 2. The Labute approximate surface area is 131 Å². The second kappa shape index (κ2) is 5.82. The molecular weight excluding hydrogens is 314 g/mol. The number of hydrogen-bond donors (Lipinski definition) is 3. The summed E-state index contributed by atoms with van der Waals surface area (Å²) >= 11 is 8.28. The Kier molecular flexibility index (Phi) is 4.26. The fourth-order valence-electron chi connectivity index (χ4n) is 2.36. The third kappa shape index (κ3) is 2.70. The van der Waals surface area contributed by atoms with Gasteiger partial charge in [-0.05, 0) is 12.1 Å². The molecule has 0 aliphatic carbocycles. The van der Waals surface area contributed by atoms with Crippen molar-refractivity contribution in [2.75, 3.05) is 5.75 Å². The predicted molar refractivity (Wildman–Crippen MR) is 85.1 cm³/mol. The van der Waals surface area contributed by atoms with E-state index in [4.69, 9.17) is 22.7 Å². The fraction of sp³-hybridized carbons (Fsp3) is 0.462. The largest absolute Gasteiger partial charge is 0.389 e. The van der Waals surface area contributed by atoms with Gasteiger partial charge in [0.05, 0.1) is 10.7 Å². The average molecular weight is 329 g/mol. The molecule has 0 radical (unpaired) electrons. The Hall–Kier alpha value is -0.310. The monoisotopic (exact) mass is 329 g/mol. The lowest BCUT2D eigenvalue weighted by Gasteiger charge is -2.28. The number of ether oxygens (including phenoxy) is 1. The summed E-state index contributed by atoms with van der Waals surface area (Å²) in [7, 11) is 0. The van der Waals surface area contributed by atoms with Gasteiger partial charge in [-0.3, -0.25) is 0 Å². The molecule has 0 saturated carbocycles. The van der Waals surface area contributed by atoms with Crippen LogP contribution in [0.1, 0.15) is 5.56 Å². The maximum Gasteiger partial charge on any atom is 0.111 e. The van der Waals surface area contributed by atoms with Gasteiger partial charge >= 0.3 is 0 Å². The van der Waals surface area contributed by atoms with Gasteiger partial charge in [0.2, 0.25) is 0 Å². The topological polar surface area (TPSA) is 75.7 Å². The zero-order valence-corrected chi connectivity index (χ0v) is 13.0. The summed E-state index contributed by atoms with van der Waals surface area (Å²) in [5.41, 5.74) is 6.41. The molecule has 7 heteroatoms. The number of aliphatic hydroxyl groups excluding tert-OH is 2. The SMILES string of the molecule is NC(=S)c1ccc(S[C@H]2SC[C@@H]3O[C@H]2[C@@H](O)[C@@H]3O)cc1. The predicted octanol–water partition coefficient (Wildman–Crippen LogP) is 0.975. The first kappa shape index (κ1) is 14.6. The third-order valence-corrected chi connectivity index (χ3v) is 6.58. The number of nitrogens with two attached hydrogens (primary N) is 1. The zero-order chi connectivity index (χ0) is 14.3. The van der Waals surface area contributed by atoms with Gasteiger partial charge in [-0.2, -0.15) is 0 Å². The number of rotatable bonds is 3. The standard InChI is InChI=1S/C13H15NO3S3/c14-12(18)6-1-3-7(4-2-6)20-13-11-10(16)9(15)8(17-11)5-19-13/h1-4,8-11,13,15-16H,5H2,(H2,14,18)/t8-,9+,10-,11-,13+/m0/s1. The molecule has 1 aromatic carbocycles. The Morgan fingerprint density at radius 1 is 1.30 bits per heavy atom. The van der Waals surface area contributed by atoms with E-state index in [0.717, 1.165) is 10.5 Å². The second-order valence-electron chi connectivity index (χ2n) is 4.83. The van der Waals surface area contributed by atoms with Crippen LogP contribution >= 0.6 is 35.7 Å². The molecule has 2 aliphatic heterocycles. The van der Waals surface area contributed by atoms with Crippen molar-refractivity contribution in [3.05, 3.63) is 29.8 Å². The molecule has 0 amide bonds. The van der Waals surface area contributed by atoms with Gasteiger partial charge in [-0.25, -0.2) is 0 Å². The highest BCUT2D eigenvalue weighted by atomic mass is 32.2. The van der Waals surface area contributed by atoms with Crippen LogP contribution in [0, 0.1) is 0 Å². The summed E-state index contributed by atoms with van der Waals surface area (Å²) in [6, 6.07) is 7.70. The molecule has 4 N–H and O–H groups in total. The van der Waals surface area contributed by atoms with Crippen LogP contribution in [0.4, 0.5) is 0 Å². The van der Waals surface area contributed by atoms with Crippen LogP contribution in [-0.4, -0.2) is 50.0 Å². The third-order valence-electron chi connectivity index (χ3n) is 3.48. The summed E-state index contributed by atoms with van der Waals surface area (Å²) in [6.45, 7) is 0. The van der Waals surface area contributed by atoms with Gasteiger partial charge in [0.15, 0.2) is 0 Å². The summed E-state index contributed by atoms with van der Waals surface area (Å²) in [4.78, 5) is 1.45. The lowest BCUT2D eigenvalue weighted by molar-refractivity contribution is 0.0229. The molecule has 4 nitrogen and oxygen atoms in total. The van der Waals surface area contributed by atoms with E-state index in [2.05, 4.69) is 0 Å². The van der Waals surface area contributed by atoms with Crippen molar-refractivity contribution >= 4 is 40.7 Å². The number of benzene rings is 1. The molecule has 2 saturated heterocycles. The lowest BCUT2D eigenvalue weighted by atomic mass is 10.1. The van der Waals surface area contributed by atoms with Crippen LogP contribution in [0.25, 0.3) is 0 Å². The minimum Gasteiger partial charge on any atom is -0.389 e. The molecule has 0 aromatic heterocycles. The first-order valence-electron chi connectivity index (χ1n) is 6.26. The molecule has 0 spiro atoms. The number of fused-ring (bicyclic) bond motifs is 2. The molecule has 2 fully saturated rings. The van der Waals surface area contributed by atoms with Crippen molar-refractivity contribution in [2.24, 2.45) is 5.73 Å². The van der Waals surface area contributed by atoms with Gasteiger partial charge in [-0.1, -0.05) is 24.4 Å². The molecule has 5 atom stereocenters. The van der Waals surface area contributed by atoms with Gasteiger partial charge in [0, 0.05) is 16.2 Å². The molecule has 20 heavy (non-hydrogen) atoms. The van der Waals surface area contributed by atoms with Crippen molar-refractivity contribution in [1.82, 2.24) is 0 Å². The van der Waals surface area contributed by atoms with Gasteiger partial charge < -0.3 is 20.7 Å². The van der Waals surface area contributed by atoms with E-state index < -0.39 is 12.2 Å². The van der Waals surface area contributed by atoms with Crippen molar-refractivity contribution < 1.29 is 14.9 Å². The Morgan fingerprint density at radius 2 is 2.00 bits per heavy atom. The summed E-state index contributed by atoms with van der Waals surface area (Å²) < 4.78 is 5.76. The highest BCUT2D eigenvalue weighted by Gasteiger charge is 2.50. The summed E-state index contributed by atoms with van der Waals surface area (Å²) in [5, 5.41) is 19.8. The Bertz CT molecular complexity index is 510. The van der Waals surface area contributed by atoms with Gasteiger partial charge in [0.25, 0.3) is 0 Å². The lowest BCUT2D eigenvalue weighted by Crippen LogP contribution is -2.34. The fourth-order valence-corrected chi connectivity index (χ4v) is 5.33. The first-order chi connectivity index (χ1) is 9.56. The van der Waals surface area contributed by atoms with Crippen molar-refractivity contribution in [1.29, 1.82) is 0 Å². The first-order valence-corrected chi connectivity index (χ1v) is 8.59. The molecule has 2 heterocycles. The number of hydrogen-bond acceptors (Lipinski definition) is 6. The number of thioether (sulfide) groups is 2.